The third-order valence-corrected chi connectivity index (χ3v) is 0.942. The summed E-state index contributed by atoms with van der Waals surface area (Å²) in [4.78, 5) is 9.96. The van der Waals surface area contributed by atoms with Crippen LogP contribution in [-0.2, 0) is 14.3 Å². The van der Waals surface area contributed by atoms with E-state index >= 15 is 0 Å². The summed E-state index contributed by atoms with van der Waals surface area (Å²) in [5, 5.41) is 8.19. The van der Waals surface area contributed by atoms with Gasteiger partial charge in [0.1, 0.15) is 6.61 Å². The van der Waals surface area contributed by atoms with E-state index < -0.39 is 5.97 Å². The van der Waals surface area contributed by atoms with Gasteiger partial charge in [-0.15, -0.1) is 0 Å². The summed E-state index contributed by atoms with van der Waals surface area (Å²) in [6.07, 6.45) is 0.0304. The number of rotatable bonds is 7. The summed E-state index contributed by atoms with van der Waals surface area (Å²) >= 11 is 0. The maximum atomic E-state index is 9.96. The largest absolute Gasteiger partial charge is 0.481 e. The molecule has 0 saturated carbocycles. The first-order valence-corrected chi connectivity index (χ1v) is 3.50. The highest BCUT2D eigenvalue weighted by Crippen LogP contribution is 1.87. The smallest absolute Gasteiger partial charge is 0.305 e. The topological polar surface area (TPSA) is 55.8 Å². The highest BCUT2D eigenvalue weighted by Gasteiger charge is 1.95. The van der Waals surface area contributed by atoms with E-state index in [1.165, 1.54) is 6.61 Å². The Morgan fingerprint density at radius 3 is 2.91 bits per heavy atom. The average molecular weight is 161 g/mol. The molecule has 4 heteroatoms. The number of ether oxygens (including phenoxy) is 2. The Balaban J connectivity index is 2.85. The zero-order chi connectivity index (χ0) is 8.53. The Hall–Kier alpha value is -0.610. The minimum atomic E-state index is -0.852. The summed E-state index contributed by atoms with van der Waals surface area (Å²) in [6, 6.07) is 0. The number of carboxylic acid groups (broad SMARTS) is 1. The Kier molecular flexibility index (Phi) is 7.08. The number of hydrogen-bond acceptors (Lipinski definition) is 3. The van der Waals surface area contributed by atoms with Gasteiger partial charge in [-0.2, -0.15) is 0 Å². The molecule has 0 amide bonds. The molecule has 0 saturated heterocycles. The fraction of sp³-hybridized carbons (Fsp3) is 0.714. The maximum Gasteiger partial charge on any atom is 0.305 e. The standard InChI is InChI=1S/C7H13O4/c1-2-10-5-6-11-4-3-7(8)9/h6H,2-5H2,1H3,(H,8,9). The predicted octanol–water partition coefficient (Wildman–Crippen LogP) is 0.676. The van der Waals surface area contributed by atoms with Crippen molar-refractivity contribution in [3.63, 3.8) is 0 Å². The van der Waals surface area contributed by atoms with Gasteiger partial charge in [0, 0.05) is 6.61 Å². The highest BCUT2D eigenvalue weighted by atomic mass is 16.5. The van der Waals surface area contributed by atoms with Crippen molar-refractivity contribution in [1.29, 1.82) is 0 Å². The molecule has 0 aromatic heterocycles. The van der Waals surface area contributed by atoms with Gasteiger partial charge in [0.2, 0.25) is 0 Å². The van der Waals surface area contributed by atoms with E-state index in [0.29, 0.717) is 13.2 Å². The minimum Gasteiger partial charge on any atom is -0.481 e. The fourth-order valence-electron chi connectivity index (χ4n) is 0.444. The summed E-state index contributed by atoms with van der Waals surface area (Å²) in [5.74, 6) is -0.852. The zero-order valence-electron chi connectivity index (χ0n) is 6.58. The first-order chi connectivity index (χ1) is 5.27. The van der Waals surface area contributed by atoms with Crippen molar-refractivity contribution in [3.8, 4) is 0 Å². The van der Waals surface area contributed by atoms with Crippen LogP contribution in [0.2, 0.25) is 0 Å². The van der Waals surface area contributed by atoms with Crippen LogP contribution in [0, 0.1) is 6.61 Å². The SMILES string of the molecule is CCOC[CH]OCCC(=O)O. The second kappa shape index (κ2) is 7.50. The van der Waals surface area contributed by atoms with Crippen molar-refractivity contribution in [3.05, 3.63) is 6.61 Å². The number of hydrogen-bond donors (Lipinski definition) is 1. The molecule has 0 aromatic carbocycles. The molecule has 0 heterocycles. The van der Waals surface area contributed by atoms with Crippen LogP contribution in [0.25, 0.3) is 0 Å². The molecule has 1 radical (unpaired) electrons. The van der Waals surface area contributed by atoms with Gasteiger partial charge in [-0.05, 0) is 6.92 Å². The van der Waals surface area contributed by atoms with Crippen LogP contribution in [0.4, 0.5) is 0 Å². The Bertz CT molecular complexity index is 103. The molecule has 0 aliphatic carbocycles. The van der Waals surface area contributed by atoms with Crippen molar-refractivity contribution in [2.45, 2.75) is 13.3 Å². The van der Waals surface area contributed by atoms with E-state index in [1.807, 2.05) is 6.92 Å². The Labute approximate surface area is 66.1 Å². The van der Waals surface area contributed by atoms with Crippen molar-refractivity contribution in [1.82, 2.24) is 0 Å². The van der Waals surface area contributed by atoms with E-state index in [9.17, 15) is 4.79 Å². The molecule has 0 fully saturated rings. The zero-order valence-corrected chi connectivity index (χ0v) is 6.58. The van der Waals surface area contributed by atoms with E-state index in [-0.39, 0.29) is 13.0 Å². The van der Waals surface area contributed by atoms with Gasteiger partial charge in [0.25, 0.3) is 0 Å². The van der Waals surface area contributed by atoms with Gasteiger partial charge >= 0.3 is 5.97 Å². The molecule has 0 rings (SSSR count). The van der Waals surface area contributed by atoms with Gasteiger partial charge < -0.3 is 14.6 Å². The van der Waals surface area contributed by atoms with Crippen LogP contribution in [0.15, 0.2) is 0 Å². The summed E-state index contributed by atoms with van der Waals surface area (Å²) in [7, 11) is 0. The molecular weight excluding hydrogens is 148 g/mol. The number of aliphatic carboxylic acids is 1. The molecule has 0 unspecified atom stereocenters. The first-order valence-electron chi connectivity index (χ1n) is 3.50. The van der Waals surface area contributed by atoms with E-state index in [0.717, 1.165) is 0 Å². The molecule has 4 nitrogen and oxygen atoms in total. The second-order valence-corrected chi connectivity index (χ2v) is 1.84. The Morgan fingerprint density at radius 2 is 2.36 bits per heavy atom. The van der Waals surface area contributed by atoms with Crippen LogP contribution < -0.4 is 0 Å². The lowest BCUT2D eigenvalue weighted by atomic mass is 10.5. The van der Waals surface area contributed by atoms with Gasteiger partial charge in [-0.25, -0.2) is 0 Å². The lowest BCUT2D eigenvalue weighted by Crippen LogP contribution is -2.03. The molecule has 0 aliphatic rings. The molecule has 0 atom stereocenters. The van der Waals surface area contributed by atoms with Crippen molar-refractivity contribution < 1.29 is 19.4 Å². The lowest BCUT2D eigenvalue weighted by Gasteiger charge is -2.00. The number of carbonyl (C=O) groups is 1. The normalized spacial score (nSPS) is 9.91. The first kappa shape index (κ1) is 10.4. The third kappa shape index (κ3) is 9.39. The third-order valence-electron chi connectivity index (χ3n) is 0.942. The monoisotopic (exact) mass is 161 g/mol. The van der Waals surface area contributed by atoms with Crippen LogP contribution >= 0.6 is 0 Å². The molecule has 65 valence electrons. The fourth-order valence-corrected chi connectivity index (χ4v) is 0.444. The van der Waals surface area contributed by atoms with Crippen LogP contribution in [0.3, 0.4) is 0 Å². The quantitative estimate of drug-likeness (QED) is 0.558. The van der Waals surface area contributed by atoms with Gasteiger partial charge in [0.15, 0.2) is 0 Å². The van der Waals surface area contributed by atoms with E-state index in [2.05, 4.69) is 0 Å². The molecule has 0 bridgehead atoms. The van der Waals surface area contributed by atoms with Crippen LogP contribution in [-0.4, -0.2) is 30.9 Å². The molecular formula is C7H13O4. The van der Waals surface area contributed by atoms with Gasteiger partial charge in [-0.3, -0.25) is 4.79 Å². The van der Waals surface area contributed by atoms with Crippen LogP contribution in [0.5, 0.6) is 0 Å². The molecule has 1 N–H and O–H groups in total. The minimum absolute atomic E-state index is 0.0304. The average Bonchev–Trinajstić information content (AvgIpc) is 1.96. The predicted molar refractivity (Wildman–Crippen MR) is 39.0 cm³/mol. The van der Waals surface area contributed by atoms with Crippen molar-refractivity contribution in [2.24, 2.45) is 0 Å². The van der Waals surface area contributed by atoms with E-state index in [4.69, 9.17) is 14.6 Å². The molecule has 0 aromatic rings. The second-order valence-electron chi connectivity index (χ2n) is 1.84. The van der Waals surface area contributed by atoms with Crippen LogP contribution in [0.1, 0.15) is 13.3 Å². The summed E-state index contributed by atoms with van der Waals surface area (Å²) in [6.45, 7) is 4.61. The summed E-state index contributed by atoms with van der Waals surface area (Å²) in [5.41, 5.74) is 0. The van der Waals surface area contributed by atoms with Gasteiger partial charge in [-0.1, -0.05) is 0 Å². The summed E-state index contributed by atoms with van der Waals surface area (Å²) < 4.78 is 9.73. The molecule has 0 spiro atoms. The van der Waals surface area contributed by atoms with Gasteiger partial charge in [0.05, 0.1) is 19.6 Å². The van der Waals surface area contributed by atoms with Crippen molar-refractivity contribution >= 4 is 5.97 Å². The lowest BCUT2D eigenvalue weighted by molar-refractivity contribution is -0.138. The Morgan fingerprint density at radius 1 is 1.64 bits per heavy atom. The maximum absolute atomic E-state index is 9.96. The molecule has 11 heavy (non-hydrogen) atoms. The molecule has 0 aliphatic heterocycles. The van der Waals surface area contributed by atoms with Crippen molar-refractivity contribution in [2.75, 3.05) is 19.8 Å². The van der Waals surface area contributed by atoms with E-state index in [1.54, 1.807) is 0 Å². The highest BCUT2D eigenvalue weighted by molar-refractivity contribution is 5.66. The number of carboxylic acids is 1.